The second kappa shape index (κ2) is 9.85. The summed E-state index contributed by atoms with van der Waals surface area (Å²) >= 11 is 0. The lowest BCUT2D eigenvalue weighted by atomic mass is 10.1. The summed E-state index contributed by atoms with van der Waals surface area (Å²) in [6, 6.07) is 15.8. The maximum atomic E-state index is 12.7. The van der Waals surface area contributed by atoms with E-state index in [2.05, 4.69) is 36.6 Å². The molecule has 0 radical (unpaired) electrons. The molecule has 9 heteroatoms. The van der Waals surface area contributed by atoms with Gasteiger partial charge in [-0.15, -0.1) is 0 Å². The van der Waals surface area contributed by atoms with Gasteiger partial charge in [-0.3, -0.25) is 4.79 Å². The molecule has 1 amide bonds. The van der Waals surface area contributed by atoms with Crippen LogP contribution in [0.1, 0.15) is 28.9 Å². The number of methoxy groups -OCH3 is 1. The van der Waals surface area contributed by atoms with Gasteiger partial charge in [-0.25, -0.2) is 4.98 Å². The van der Waals surface area contributed by atoms with Crippen molar-refractivity contribution < 1.29 is 9.53 Å². The van der Waals surface area contributed by atoms with Crippen molar-refractivity contribution in [1.29, 1.82) is 0 Å². The number of ether oxygens (including phenoxy) is 1. The van der Waals surface area contributed by atoms with Crippen LogP contribution in [0.5, 0.6) is 5.75 Å². The van der Waals surface area contributed by atoms with Gasteiger partial charge >= 0.3 is 0 Å². The van der Waals surface area contributed by atoms with Crippen LogP contribution in [0, 0.1) is 0 Å². The molecule has 4 N–H and O–H groups in total. The van der Waals surface area contributed by atoms with Gasteiger partial charge in [0, 0.05) is 59.5 Å². The van der Waals surface area contributed by atoms with E-state index in [-0.39, 0.29) is 5.91 Å². The Morgan fingerprint density at radius 3 is 2.81 bits per heavy atom. The number of rotatable bonds is 8. The number of benzene rings is 2. The summed E-state index contributed by atoms with van der Waals surface area (Å²) in [6.45, 7) is 2.36. The molecule has 6 rings (SSSR count). The van der Waals surface area contributed by atoms with E-state index in [4.69, 9.17) is 4.74 Å². The third kappa shape index (κ3) is 4.80. The predicted octanol–water partition coefficient (Wildman–Crippen LogP) is 5.08. The van der Waals surface area contributed by atoms with Crippen LogP contribution in [0.3, 0.4) is 0 Å². The summed E-state index contributed by atoms with van der Waals surface area (Å²) in [4.78, 5) is 30.2. The van der Waals surface area contributed by atoms with Crippen LogP contribution < -0.4 is 15.4 Å². The first-order valence-electron chi connectivity index (χ1n) is 12.6. The van der Waals surface area contributed by atoms with Crippen molar-refractivity contribution >= 4 is 45.2 Å². The molecule has 3 aromatic heterocycles. The van der Waals surface area contributed by atoms with E-state index in [1.54, 1.807) is 13.3 Å². The molecule has 0 unspecified atom stereocenters. The summed E-state index contributed by atoms with van der Waals surface area (Å²) in [5.41, 5.74) is 4.76. The van der Waals surface area contributed by atoms with Crippen LogP contribution >= 0.6 is 0 Å². The zero-order valence-corrected chi connectivity index (χ0v) is 20.7. The minimum absolute atomic E-state index is 0.0708. The standard InChI is InChI=1S/C28H29N7O2/c1-37-21-5-7-24-22(16-21)18(17-31-24)8-10-29-28-30-11-9-26(34-28)32-20-4-6-23-19(14-20)15-25(33-23)27(36)35-12-2-3-13-35/h4-7,9,11,14-17,31,33H,2-3,8,10,12-13H2,1H3,(H2,29,30,32,34). The summed E-state index contributed by atoms with van der Waals surface area (Å²) < 4.78 is 5.36. The molecule has 1 aliphatic rings. The molecular weight excluding hydrogens is 466 g/mol. The quantitative estimate of drug-likeness (QED) is 0.239. The number of carbonyl (C=O) groups is 1. The smallest absolute Gasteiger partial charge is 0.270 e. The van der Waals surface area contributed by atoms with Crippen molar-refractivity contribution in [1.82, 2.24) is 24.8 Å². The van der Waals surface area contributed by atoms with Crippen LogP contribution in [-0.4, -0.2) is 57.5 Å². The number of nitrogens with zero attached hydrogens (tertiary/aromatic N) is 3. The second-order valence-electron chi connectivity index (χ2n) is 9.28. The van der Waals surface area contributed by atoms with Crippen molar-refractivity contribution in [3.63, 3.8) is 0 Å². The Morgan fingerprint density at radius 2 is 1.95 bits per heavy atom. The third-order valence-electron chi connectivity index (χ3n) is 6.82. The molecule has 1 saturated heterocycles. The molecule has 4 heterocycles. The number of H-pyrrole nitrogens is 2. The third-order valence-corrected chi connectivity index (χ3v) is 6.82. The first kappa shape index (κ1) is 22.9. The van der Waals surface area contributed by atoms with Crippen LogP contribution in [0.15, 0.2) is 60.9 Å². The number of fused-ring (bicyclic) bond motifs is 2. The molecule has 1 aliphatic heterocycles. The summed E-state index contributed by atoms with van der Waals surface area (Å²) in [7, 11) is 1.68. The Balaban J connectivity index is 1.11. The lowest BCUT2D eigenvalue weighted by Crippen LogP contribution is -2.27. The van der Waals surface area contributed by atoms with Crippen LogP contribution in [0.25, 0.3) is 21.8 Å². The highest BCUT2D eigenvalue weighted by Gasteiger charge is 2.21. The maximum Gasteiger partial charge on any atom is 0.270 e. The topological polar surface area (TPSA) is 111 Å². The zero-order chi connectivity index (χ0) is 25.2. The molecule has 0 atom stereocenters. The fourth-order valence-corrected chi connectivity index (χ4v) is 4.88. The van der Waals surface area contributed by atoms with Crippen molar-refractivity contribution in [2.45, 2.75) is 19.3 Å². The van der Waals surface area contributed by atoms with Crippen molar-refractivity contribution in [3.05, 3.63) is 72.2 Å². The number of anilines is 3. The number of likely N-dealkylation sites (tertiary alicyclic amines) is 1. The summed E-state index contributed by atoms with van der Waals surface area (Å²) in [5.74, 6) is 2.17. The highest BCUT2D eigenvalue weighted by Crippen LogP contribution is 2.25. The Hall–Kier alpha value is -4.53. The first-order chi connectivity index (χ1) is 18.2. The van der Waals surface area contributed by atoms with Gasteiger partial charge in [-0.1, -0.05) is 0 Å². The Bertz CT molecular complexity index is 1570. The van der Waals surface area contributed by atoms with Gasteiger partial charge < -0.3 is 30.2 Å². The zero-order valence-electron chi connectivity index (χ0n) is 20.7. The molecule has 9 nitrogen and oxygen atoms in total. The molecule has 188 valence electrons. The number of hydrogen-bond acceptors (Lipinski definition) is 6. The van der Waals surface area contributed by atoms with Crippen LogP contribution in [0.4, 0.5) is 17.5 Å². The molecule has 0 spiro atoms. The minimum Gasteiger partial charge on any atom is -0.497 e. The average molecular weight is 496 g/mol. The van der Waals surface area contributed by atoms with Crippen molar-refractivity contribution in [2.75, 3.05) is 37.4 Å². The van der Waals surface area contributed by atoms with Gasteiger partial charge in [0.15, 0.2) is 0 Å². The monoisotopic (exact) mass is 495 g/mol. The molecule has 0 bridgehead atoms. The van der Waals surface area contributed by atoms with E-state index >= 15 is 0 Å². The van der Waals surface area contributed by atoms with Gasteiger partial charge in [-0.05, 0) is 73.4 Å². The molecule has 5 aromatic rings. The molecule has 2 aromatic carbocycles. The largest absolute Gasteiger partial charge is 0.497 e. The van der Waals surface area contributed by atoms with Gasteiger partial charge in [0.1, 0.15) is 17.3 Å². The van der Waals surface area contributed by atoms with E-state index in [0.717, 1.165) is 65.6 Å². The highest BCUT2D eigenvalue weighted by atomic mass is 16.5. The first-order valence-corrected chi connectivity index (χ1v) is 12.6. The average Bonchev–Trinajstić information content (AvgIpc) is 3.68. The normalized spacial score (nSPS) is 13.4. The maximum absolute atomic E-state index is 12.7. The van der Waals surface area contributed by atoms with Gasteiger partial charge in [0.25, 0.3) is 5.91 Å². The van der Waals surface area contributed by atoms with Gasteiger partial charge in [0.05, 0.1) is 7.11 Å². The number of aromatic amines is 2. The fourth-order valence-electron chi connectivity index (χ4n) is 4.88. The van der Waals surface area contributed by atoms with E-state index in [1.807, 2.05) is 53.6 Å². The number of aromatic nitrogens is 4. The molecule has 1 fully saturated rings. The number of nitrogens with one attached hydrogen (secondary N) is 4. The van der Waals surface area contributed by atoms with E-state index < -0.39 is 0 Å². The summed E-state index contributed by atoms with van der Waals surface area (Å²) in [6.07, 6.45) is 6.74. The Morgan fingerprint density at radius 1 is 1.08 bits per heavy atom. The minimum atomic E-state index is 0.0708. The number of hydrogen-bond donors (Lipinski definition) is 4. The predicted molar refractivity (Wildman–Crippen MR) is 146 cm³/mol. The van der Waals surface area contributed by atoms with Crippen LogP contribution in [0.2, 0.25) is 0 Å². The van der Waals surface area contributed by atoms with Crippen molar-refractivity contribution in [2.24, 2.45) is 0 Å². The lowest BCUT2D eigenvalue weighted by molar-refractivity contribution is 0.0788. The van der Waals surface area contributed by atoms with Gasteiger partial charge in [0.2, 0.25) is 5.95 Å². The lowest BCUT2D eigenvalue weighted by Gasteiger charge is -2.13. The number of amides is 1. The Labute approximate surface area is 214 Å². The molecule has 0 aliphatic carbocycles. The van der Waals surface area contributed by atoms with Gasteiger partial charge in [-0.2, -0.15) is 4.98 Å². The fraction of sp³-hybridized carbons (Fsp3) is 0.250. The second-order valence-corrected chi connectivity index (χ2v) is 9.28. The van der Waals surface area contributed by atoms with E-state index in [0.29, 0.717) is 24.0 Å². The molecule has 0 saturated carbocycles. The molecular formula is C28H29N7O2. The van der Waals surface area contributed by atoms with E-state index in [9.17, 15) is 4.79 Å². The van der Waals surface area contributed by atoms with Crippen molar-refractivity contribution in [3.8, 4) is 5.75 Å². The summed E-state index contributed by atoms with van der Waals surface area (Å²) in [5, 5.41) is 8.81. The highest BCUT2D eigenvalue weighted by molar-refractivity contribution is 5.99. The Kier molecular flexibility index (Phi) is 6.10. The van der Waals surface area contributed by atoms with Crippen LogP contribution in [-0.2, 0) is 6.42 Å². The SMILES string of the molecule is COc1ccc2[nH]cc(CCNc3nccc(Nc4ccc5[nH]c(C(=O)N6CCCC6)cc5c4)n3)c2c1. The van der Waals surface area contributed by atoms with E-state index in [1.165, 1.54) is 5.56 Å². The number of carbonyl (C=O) groups excluding carboxylic acids is 1. The molecule has 37 heavy (non-hydrogen) atoms.